The van der Waals surface area contributed by atoms with Crippen molar-refractivity contribution in [3.63, 3.8) is 0 Å². The van der Waals surface area contributed by atoms with Gasteiger partial charge in [0.25, 0.3) is 5.91 Å². The average molecular weight is 447 g/mol. The molecule has 0 aliphatic heterocycles. The lowest BCUT2D eigenvalue weighted by atomic mass is 10.1. The Balaban J connectivity index is 2.16. The molecule has 0 aliphatic carbocycles. The van der Waals surface area contributed by atoms with E-state index in [0.29, 0.717) is 29.0 Å². The lowest BCUT2D eigenvalue weighted by molar-refractivity contribution is -0.142. The molecule has 1 N–H and O–H groups in total. The molecule has 31 heavy (non-hydrogen) atoms. The van der Waals surface area contributed by atoms with E-state index in [1.165, 1.54) is 4.90 Å². The third-order valence-electron chi connectivity index (χ3n) is 4.83. The lowest BCUT2D eigenvalue weighted by Crippen LogP contribution is -2.49. The smallest absolute Gasteiger partial charge is 0.261 e. The first kappa shape index (κ1) is 24.5. The first-order valence-corrected chi connectivity index (χ1v) is 10.7. The molecule has 2 rings (SSSR count). The Morgan fingerprint density at radius 2 is 1.84 bits per heavy atom. The number of carbonyl (C=O) groups excluding carboxylic acids is 2. The summed E-state index contributed by atoms with van der Waals surface area (Å²) in [5, 5.41) is 3.53. The van der Waals surface area contributed by atoms with Gasteiger partial charge in [0.1, 0.15) is 17.5 Å². The van der Waals surface area contributed by atoms with Crippen LogP contribution in [0.5, 0.6) is 11.5 Å². The number of nitrogens with zero attached hydrogens (tertiary/aromatic N) is 1. The van der Waals surface area contributed by atoms with Crippen molar-refractivity contribution in [3.05, 3.63) is 58.6 Å². The van der Waals surface area contributed by atoms with Crippen molar-refractivity contribution in [1.29, 1.82) is 0 Å². The molecule has 7 heteroatoms. The Hall–Kier alpha value is -2.73. The normalized spacial score (nSPS) is 11.7. The average Bonchev–Trinajstić information content (AvgIpc) is 2.76. The van der Waals surface area contributed by atoms with Crippen LogP contribution >= 0.6 is 11.6 Å². The van der Waals surface area contributed by atoms with E-state index in [0.717, 1.165) is 11.1 Å². The molecule has 0 bridgehead atoms. The molecule has 0 heterocycles. The molecule has 2 aromatic rings. The first-order valence-electron chi connectivity index (χ1n) is 10.3. The van der Waals surface area contributed by atoms with Crippen LogP contribution in [0, 0.1) is 12.8 Å². The van der Waals surface area contributed by atoms with Crippen LogP contribution in [0.3, 0.4) is 0 Å². The second-order valence-corrected chi connectivity index (χ2v) is 8.30. The zero-order valence-electron chi connectivity index (χ0n) is 18.8. The molecule has 0 aliphatic rings. The van der Waals surface area contributed by atoms with Crippen LogP contribution in [0.2, 0.25) is 5.02 Å². The van der Waals surface area contributed by atoms with Gasteiger partial charge in [-0.15, -0.1) is 0 Å². The van der Waals surface area contributed by atoms with E-state index in [-0.39, 0.29) is 25.0 Å². The highest BCUT2D eigenvalue weighted by Crippen LogP contribution is 2.21. The van der Waals surface area contributed by atoms with Crippen molar-refractivity contribution < 1.29 is 19.1 Å². The zero-order chi connectivity index (χ0) is 23.0. The van der Waals surface area contributed by atoms with Gasteiger partial charge in [0.15, 0.2) is 6.61 Å². The van der Waals surface area contributed by atoms with Crippen molar-refractivity contribution in [2.75, 3.05) is 20.3 Å². The minimum atomic E-state index is -0.659. The van der Waals surface area contributed by atoms with E-state index in [9.17, 15) is 9.59 Å². The molecule has 0 saturated carbocycles. The Morgan fingerprint density at radius 3 is 2.48 bits per heavy atom. The highest BCUT2D eigenvalue weighted by molar-refractivity contribution is 6.31. The van der Waals surface area contributed by atoms with Crippen LogP contribution in [-0.2, 0) is 16.1 Å². The third-order valence-corrected chi connectivity index (χ3v) is 5.25. The SMILES string of the molecule is COc1cccc(CN(C(=O)COc2ccc(Cl)c(C)c2)[C@H](C)C(=O)NCC(C)C)c1. The summed E-state index contributed by atoms with van der Waals surface area (Å²) in [5.41, 5.74) is 1.72. The molecule has 6 nitrogen and oxygen atoms in total. The molecular weight excluding hydrogens is 416 g/mol. The molecule has 0 saturated heterocycles. The molecule has 168 valence electrons. The Morgan fingerprint density at radius 1 is 1.10 bits per heavy atom. The number of amides is 2. The number of methoxy groups -OCH3 is 1. The van der Waals surface area contributed by atoms with Crippen molar-refractivity contribution in [2.24, 2.45) is 5.92 Å². The third kappa shape index (κ3) is 7.47. The van der Waals surface area contributed by atoms with E-state index < -0.39 is 6.04 Å². The van der Waals surface area contributed by atoms with Gasteiger partial charge in [0, 0.05) is 18.1 Å². The number of carbonyl (C=O) groups is 2. The largest absolute Gasteiger partial charge is 0.497 e. The van der Waals surface area contributed by atoms with Gasteiger partial charge in [-0.3, -0.25) is 9.59 Å². The fourth-order valence-electron chi connectivity index (χ4n) is 2.94. The molecule has 0 spiro atoms. The summed E-state index contributed by atoms with van der Waals surface area (Å²) in [5.74, 6) is 1.06. The molecule has 2 amide bonds. The topological polar surface area (TPSA) is 67.9 Å². The van der Waals surface area contributed by atoms with Crippen molar-refractivity contribution >= 4 is 23.4 Å². The predicted octanol–water partition coefficient (Wildman–Crippen LogP) is 4.23. The minimum Gasteiger partial charge on any atom is -0.497 e. The second kappa shape index (κ2) is 11.6. The molecule has 0 unspecified atom stereocenters. The summed E-state index contributed by atoms with van der Waals surface area (Å²) < 4.78 is 11.0. The van der Waals surface area contributed by atoms with Crippen molar-refractivity contribution in [3.8, 4) is 11.5 Å². The second-order valence-electron chi connectivity index (χ2n) is 7.89. The number of hydrogen-bond donors (Lipinski definition) is 1. The molecule has 0 radical (unpaired) electrons. The van der Waals surface area contributed by atoms with Gasteiger partial charge in [-0.05, 0) is 61.2 Å². The van der Waals surface area contributed by atoms with Crippen LogP contribution < -0.4 is 14.8 Å². The van der Waals surface area contributed by atoms with Gasteiger partial charge in [0.2, 0.25) is 5.91 Å². The van der Waals surface area contributed by atoms with Gasteiger partial charge >= 0.3 is 0 Å². The summed E-state index contributed by atoms with van der Waals surface area (Å²) in [6.07, 6.45) is 0. The van der Waals surface area contributed by atoms with Crippen molar-refractivity contribution in [2.45, 2.75) is 40.3 Å². The summed E-state index contributed by atoms with van der Waals surface area (Å²) in [6.45, 7) is 8.25. The molecule has 0 aromatic heterocycles. The van der Waals surface area contributed by atoms with Gasteiger partial charge in [-0.25, -0.2) is 0 Å². The number of aryl methyl sites for hydroxylation is 1. The maximum Gasteiger partial charge on any atom is 0.261 e. The number of halogens is 1. The maximum absolute atomic E-state index is 13.1. The van der Waals surface area contributed by atoms with Crippen LogP contribution in [0.15, 0.2) is 42.5 Å². The monoisotopic (exact) mass is 446 g/mol. The van der Waals surface area contributed by atoms with Gasteiger partial charge in [-0.1, -0.05) is 37.6 Å². The van der Waals surface area contributed by atoms with E-state index in [1.54, 1.807) is 32.2 Å². The Labute approximate surface area is 189 Å². The highest BCUT2D eigenvalue weighted by Gasteiger charge is 2.26. The number of nitrogens with one attached hydrogen (secondary N) is 1. The first-order chi connectivity index (χ1) is 14.7. The summed E-state index contributed by atoms with van der Waals surface area (Å²) in [7, 11) is 1.59. The lowest BCUT2D eigenvalue weighted by Gasteiger charge is -2.29. The number of benzene rings is 2. The van der Waals surface area contributed by atoms with Crippen molar-refractivity contribution in [1.82, 2.24) is 10.2 Å². The summed E-state index contributed by atoms with van der Waals surface area (Å²) in [4.78, 5) is 27.3. The minimum absolute atomic E-state index is 0.188. The van der Waals surface area contributed by atoms with E-state index in [4.69, 9.17) is 21.1 Å². The molecule has 0 fully saturated rings. The van der Waals surface area contributed by atoms with Crippen LogP contribution in [0.4, 0.5) is 0 Å². The zero-order valence-corrected chi connectivity index (χ0v) is 19.5. The number of hydrogen-bond acceptors (Lipinski definition) is 4. The van der Waals surface area contributed by atoms with E-state index in [1.807, 2.05) is 45.0 Å². The Bertz CT molecular complexity index is 901. The van der Waals surface area contributed by atoms with Crippen LogP contribution in [-0.4, -0.2) is 43.0 Å². The van der Waals surface area contributed by atoms with E-state index in [2.05, 4.69) is 5.32 Å². The molecule has 1 atom stereocenters. The van der Waals surface area contributed by atoms with E-state index >= 15 is 0 Å². The molecule has 2 aromatic carbocycles. The van der Waals surface area contributed by atoms with Gasteiger partial charge in [0.05, 0.1) is 7.11 Å². The van der Waals surface area contributed by atoms with Gasteiger partial charge < -0.3 is 19.7 Å². The number of ether oxygens (including phenoxy) is 2. The maximum atomic E-state index is 13.1. The van der Waals surface area contributed by atoms with Crippen LogP contribution in [0.1, 0.15) is 31.9 Å². The summed E-state index contributed by atoms with van der Waals surface area (Å²) in [6, 6.07) is 12.0. The van der Waals surface area contributed by atoms with Crippen LogP contribution in [0.25, 0.3) is 0 Å². The fourth-order valence-corrected chi connectivity index (χ4v) is 3.06. The predicted molar refractivity (Wildman–Crippen MR) is 123 cm³/mol. The molecular formula is C24H31ClN2O4. The highest BCUT2D eigenvalue weighted by atomic mass is 35.5. The Kier molecular flexibility index (Phi) is 9.19. The quantitative estimate of drug-likeness (QED) is 0.593. The standard InChI is InChI=1S/C24H31ClN2O4/c1-16(2)13-26-24(29)18(4)27(14-19-7-6-8-20(12-19)30-5)23(28)15-31-21-9-10-22(25)17(3)11-21/h6-12,16,18H,13-15H2,1-5H3,(H,26,29)/t18-/m1/s1. The summed E-state index contributed by atoms with van der Waals surface area (Å²) >= 11 is 6.05. The van der Waals surface area contributed by atoms with Gasteiger partial charge in [-0.2, -0.15) is 0 Å². The fraction of sp³-hybridized carbons (Fsp3) is 0.417. The number of rotatable bonds is 10.